The van der Waals surface area contributed by atoms with Crippen LogP contribution in [-0.2, 0) is 0 Å². The summed E-state index contributed by atoms with van der Waals surface area (Å²) in [7, 11) is 0. The van der Waals surface area contributed by atoms with Crippen molar-refractivity contribution in [1.29, 1.82) is 0 Å². The van der Waals surface area contributed by atoms with Crippen LogP contribution in [0.15, 0.2) is 22.5 Å². The van der Waals surface area contributed by atoms with Crippen molar-refractivity contribution in [2.24, 2.45) is 0 Å². The van der Waals surface area contributed by atoms with Gasteiger partial charge in [0.05, 0.1) is 9.36 Å². The standard InChI is InChI=1S/C7H4BrF3S/c1-4(7(9,10)11)5-2-3-6(8)12-5/h2-3H,1H2. The Kier molecular flexibility index (Phi) is 2.63. The van der Waals surface area contributed by atoms with Gasteiger partial charge in [-0.2, -0.15) is 13.2 Å². The average molecular weight is 257 g/mol. The van der Waals surface area contributed by atoms with Gasteiger partial charge in [0, 0.05) is 4.88 Å². The molecule has 12 heavy (non-hydrogen) atoms. The van der Waals surface area contributed by atoms with Gasteiger partial charge < -0.3 is 0 Å². The van der Waals surface area contributed by atoms with E-state index in [2.05, 4.69) is 22.5 Å². The highest BCUT2D eigenvalue weighted by molar-refractivity contribution is 9.11. The maximum atomic E-state index is 12.0. The first-order valence-corrected chi connectivity index (χ1v) is 4.54. The van der Waals surface area contributed by atoms with Gasteiger partial charge in [-0.15, -0.1) is 11.3 Å². The average Bonchev–Trinajstić information content (AvgIpc) is 2.32. The second-order valence-corrected chi connectivity index (χ2v) is 4.54. The summed E-state index contributed by atoms with van der Waals surface area (Å²) < 4.78 is 36.8. The third-order valence-electron chi connectivity index (χ3n) is 1.21. The molecule has 1 aromatic rings. The zero-order valence-corrected chi connectivity index (χ0v) is 8.18. The minimum Gasteiger partial charge on any atom is -0.166 e. The van der Waals surface area contributed by atoms with Crippen LogP contribution in [0.4, 0.5) is 13.2 Å². The van der Waals surface area contributed by atoms with Crippen molar-refractivity contribution in [3.63, 3.8) is 0 Å². The minimum absolute atomic E-state index is 0.148. The van der Waals surface area contributed by atoms with Gasteiger partial charge in [-0.1, -0.05) is 6.58 Å². The number of rotatable bonds is 1. The SMILES string of the molecule is C=C(c1ccc(Br)s1)C(F)(F)F. The van der Waals surface area contributed by atoms with Crippen LogP contribution in [0.3, 0.4) is 0 Å². The fourth-order valence-electron chi connectivity index (χ4n) is 0.616. The summed E-state index contributed by atoms with van der Waals surface area (Å²) in [4.78, 5) is 0.148. The van der Waals surface area contributed by atoms with Crippen LogP contribution >= 0.6 is 27.3 Å². The summed E-state index contributed by atoms with van der Waals surface area (Å²) in [5.74, 6) is 0. The third kappa shape index (κ3) is 2.10. The van der Waals surface area contributed by atoms with E-state index in [0.717, 1.165) is 11.3 Å². The van der Waals surface area contributed by atoms with Gasteiger partial charge in [-0.25, -0.2) is 0 Å². The molecule has 0 aliphatic rings. The predicted octanol–water partition coefficient (Wildman–Crippen LogP) is 4.09. The highest BCUT2D eigenvalue weighted by Crippen LogP contribution is 2.36. The summed E-state index contributed by atoms with van der Waals surface area (Å²) >= 11 is 4.10. The van der Waals surface area contributed by atoms with Crippen molar-refractivity contribution in [1.82, 2.24) is 0 Å². The Morgan fingerprint density at radius 3 is 2.33 bits per heavy atom. The molecule has 0 nitrogen and oxygen atoms in total. The summed E-state index contributed by atoms with van der Waals surface area (Å²) in [6.07, 6.45) is -4.33. The highest BCUT2D eigenvalue weighted by atomic mass is 79.9. The van der Waals surface area contributed by atoms with Crippen molar-refractivity contribution in [2.45, 2.75) is 6.18 Å². The number of hydrogen-bond acceptors (Lipinski definition) is 1. The first-order chi connectivity index (χ1) is 5.41. The van der Waals surface area contributed by atoms with Crippen LogP contribution in [0, 0.1) is 0 Å². The fourth-order valence-corrected chi connectivity index (χ4v) is 1.99. The summed E-state index contributed by atoms with van der Waals surface area (Å²) in [5.41, 5.74) is -0.793. The summed E-state index contributed by atoms with van der Waals surface area (Å²) in [5, 5.41) is 0. The lowest BCUT2D eigenvalue weighted by molar-refractivity contribution is -0.0684. The van der Waals surface area contributed by atoms with E-state index in [1.807, 2.05) is 0 Å². The number of halogens is 4. The molecule has 1 heterocycles. The topological polar surface area (TPSA) is 0 Å². The van der Waals surface area contributed by atoms with E-state index in [-0.39, 0.29) is 4.88 Å². The van der Waals surface area contributed by atoms with Crippen molar-refractivity contribution in [3.05, 3.63) is 27.4 Å². The predicted molar refractivity (Wildman–Crippen MR) is 47.1 cm³/mol. The lowest BCUT2D eigenvalue weighted by Crippen LogP contribution is -2.07. The molecule has 0 unspecified atom stereocenters. The Morgan fingerprint density at radius 1 is 1.42 bits per heavy atom. The summed E-state index contributed by atoms with van der Waals surface area (Å²) in [6, 6.07) is 2.96. The Balaban J connectivity index is 2.93. The van der Waals surface area contributed by atoms with Crippen molar-refractivity contribution in [3.8, 4) is 0 Å². The molecule has 0 aromatic carbocycles. The van der Waals surface area contributed by atoms with E-state index in [4.69, 9.17) is 0 Å². The molecule has 5 heteroatoms. The van der Waals surface area contributed by atoms with E-state index < -0.39 is 11.7 Å². The van der Waals surface area contributed by atoms with E-state index in [9.17, 15) is 13.2 Å². The first kappa shape index (κ1) is 9.80. The Labute approximate surface area is 79.8 Å². The Bertz CT molecular complexity index is 300. The van der Waals surface area contributed by atoms with Crippen LogP contribution in [0.25, 0.3) is 5.57 Å². The molecule has 0 spiro atoms. The molecule has 0 saturated heterocycles. The molecule has 0 bridgehead atoms. The molecule has 0 aliphatic carbocycles. The lowest BCUT2D eigenvalue weighted by Gasteiger charge is -2.06. The van der Waals surface area contributed by atoms with Gasteiger partial charge in [0.2, 0.25) is 0 Å². The van der Waals surface area contributed by atoms with Gasteiger partial charge in [-0.05, 0) is 28.1 Å². The van der Waals surface area contributed by atoms with Crippen molar-refractivity contribution < 1.29 is 13.2 Å². The van der Waals surface area contributed by atoms with Crippen molar-refractivity contribution >= 4 is 32.8 Å². The van der Waals surface area contributed by atoms with Gasteiger partial charge in [0.25, 0.3) is 0 Å². The van der Waals surface area contributed by atoms with Crippen LogP contribution in [0.2, 0.25) is 0 Å². The molecular weight excluding hydrogens is 253 g/mol. The second kappa shape index (κ2) is 3.22. The molecular formula is C7H4BrF3S. The van der Waals surface area contributed by atoms with Crippen molar-refractivity contribution in [2.75, 3.05) is 0 Å². The lowest BCUT2D eigenvalue weighted by atomic mass is 10.2. The van der Waals surface area contributed by atoms with Gasteiger partial charge >= 0.3 is 6.18 Å². The highest BCUT2D eigenvalue weighted by Gasteiger charge is 2.33. The molecule has 0 aliphatic heterocycles. The van der Waals surface area contributed by atoms with Crippen LogP contribution in [0.5, 0.6) is 0 Å². The summed E-state index contributed by atoms with van der Waals surface area (Å²) in [6.45, 7) is 2.97. The molecule has 1 aromatic heterocycles. The van der Waals surface area contributed by atoms with E-state index in [0.29, 0.717) is 3.79 Å². The zero-order valence-electron chi connectivity index (χ0n) is 5.78. The molecule has 0 radical (unpaired) electrons. The van der Waals surface area contributed by atoms with Gasteiger partial charge in [0.15, 0.2) is 0 Å². The van der Waals surface area contributed by atoms with E-state index in [1.54, 1.807) is 6.07 Å². The number of thiophene rings is 1. The Hall–Kier alpha value is -0.290. The monoisotopic (exact) mass is 256 g/mol. The fraction of sp³-hybridized carbons (Fsp3) is 0.143. The molecule has 0 atom stereocenters. The maximum absolute atomic E-state index is 12.0. The number of allylic oxidation sites excluding steroid dienone is 1. The maximum Gasteiger partial charge on any atom is 0.417 e. The van der Waals surface area contributed by atoms with Crippen LogP contribution < -0.4 is 0 Å². The quantitative estimate of drug-likeness (QED) is 0.710. The third-order valence-corrected chi connectivity index (χ3v) is 2.90. The Morgan fingerprint density at radius 2 is 2.00 bits per heavy atom. The van der Waals surface area contributed by atoms with Crippen LogP contribution in [0.1, 0.15) is 4.88 Å². The van der Waals surface area contributed by atoms with Gasteiger partial charge in [-0.3, -0.25) is 0 Å². The second-order valence-electron chi connectivity index (χ2n) is 2.08. The molecule has 1 rings (SSSR count). The normalized spacial score (nSPS) is 11.7. The largest absolute Gasteiger partial charge is 0.417 e. The number of alkyl halides is 3. The van der Waals surface area contributed by atoms with E-state index >= 15 is 0 Å². The molecule has 0 amide bonds. The zero-order chi connectivity index (χ0) is 9.35. The van der Waals surface area contributed by atoms with Gasteiger partial charge in [0.1, 0.15) is 0 Å². The molecule has 0 N–H and O–H groups in total. The van der Waals surface area contributed by atoms with Crippen LogP contribution in [-0.4, -0.2) is 6.18 Å². The molecule has 0 fully saturated rings. The van der Waals surface area contributed by atoms with E-state index in [1.165, 1.54) is 6.07 Å². The number of hydrogen-bond donors (Lipinski definition) is 0. The smallest absolute Gasteiger partial charge is 0.166 e. The minimum atomic E-state index is -4.33. The first-order valence-electron chi connectivity index (χ1n) is 2.93. The molecule has 66 valence electrons. The molecule has 0 saturated carbocycles.